The number of hydrogen-bond donors (Lipinski definition) is 1. The van der Waals surface area contributed by atoms with Gasteiger partial charge in [-0.1, -0.05) is 0 Å². The summed E-state index contributed by atoms with van der Waals surface area (Å²) in [6.45, 7) is 5.87. The highest BCUT2D eigenvalue weighted by molar-refractivity contribution is 5.91. The topological polar surface area (TPSA) is 53.4 Å². The Morgan fingerprint density at radius 3 is 2.83 bits per heavy atom. The van der Waals surface area contributed by atoms with Crippen LogP contribution in [0.4, 0.5) is 0 Å². The number of likely N-dealkylation sites (N-methyl/N-ethyl adjacent to an activating group) is 1. The Morgan fingerprint density at radius 1 is 1.50 bits per heavy atom. The van der Waals surface area contributed by atoms with Gasteiger partial charge in [0.2, 0.25) is 0 Å². The first kappa shape index (κ1) is 13.0. The number of aromatic nitrogens is 2. The number of carbonyl (C=O) groups is 1. The molecule has 18 heavy (non-hydrogen) atoms. The predicted molar refractivity (Wildman–Crippen MR) is 69.5 cm³/mol. The van der Waals surface area contributed by atoms with E-state index in [0.717, 1.165) is 39.3 Å². The van der Waals surface area contributed by atoms with Crippen molar-refractivity contribution in [1.29, 1.82) is 0 Å². The predicted octanol–water partition coefficient (Wildman–Crippen LogP) is -0.603. The Hall–Kier alpha value is -1.40. The van der Waals surface area contributed by atoms with E-state index in [9.17, 15) is 4.79 Å². The Morgan fingerprint density at radius 2 is 2.22 bits per heavy atom. The lowest BCUT2D eigenvalue weighted by Crippen LogP contribution is -2.46. The molecule has 1 aromatic rings. The molecule has 1 saturated heterocycles. The summed E-state index contributed by atoms with van der Waals surface area (Å²) in [4.78, 5) is 20.2. The number of nitrogens with one attached hydrogen (secondary N) is 1. The third kappa shape index (κ3) is 3.30. The summed E-state index contributed by atoms with van der Waals surface area (Å²) >= 11 is 0. The first-order valence-electron chi connectivity index (χ1n) is 6.33. The molecule has 0 spiro atoms. The van der Waals surface area contributed by atoms with Gasteiger partial charge >= 0.3 is 0 Å². The molecule has 0 aliphatic carbocycles. The van der Waals surface area contributed by atoms with Gasteiger partial charge in [0.05, 0.1) is 6.33 Å². The maximum absolute atomic E-state index is 12.0. The van der Waals surface area contributed by atoms with Crippen LogP contribution in [0, 0.1) is 0 Å². The number of nitrogens with zero attached hydrogens (tertiary/aromatic N) is 4. The molecular weight excluding hydrogens is 230 g/mol. The molecule has 1 aliphatic rings. The van der Waals surface area contributed by atoms with Crippen LogP contribution in [0.25, 0.3) is 0 Å². The third-order valence-electron chi connectivity index (χ3n) is 3.23. The number of carbonyl (C=O) groups excluding carboxylic acids is 1. The van der Waals surface area contributed by atoms with Gasteiger partial charge in [0.15, 0.2) is 0 Å². The smallest absolute Gasteiger partial charge is 0.273 e. The minimum absolute atomic E-state index is 0.00858. The van der Waals surface area contributed by atoms with Crippen molar-refractivity contribution in [1.82, 2.24) is 24.7 Å². The van der Waals surface area contributed by atoms with Gasteiger partial charge in [-0.15, -0.1) is 0 Å². The number of aryl methyl sites for hydroxylation is 1. The van der Waals surface area contributed by atoms with Gasteiger partial charge in [-0.25, -0.2) is 4.98 Å². The van der Waals surface area contributed by atoms with Crippen molar-refractivity contribution in [3.05, 3.63) is 18.2 Å². The third-order valence-corrected chi connectivity index (χ3v) is 3.23. The lowest BCUT2D eigenvalue weighted by Gasteiger charge is -2.28. The fourth-order valence-electron chi connectivity index (χ4n) is 2.05. The van der Waals surface area contributed by atoms with Crippen molar-refractivity contribution in [3.63, 3.8) is 0 Å². The van der Waals surface area contributed by atoms with Gasteiger partial charge in [-0.3, -0.25) is 9.69 Å². The van der Waals surface area contributed by atoms with Crippen LogP contribution >= 0.6 is 0 Å². The lowest BCUT2D eigenvalue weighted by atomic mass is 10.3. The SMILES string of the molecule is CN(CCN1CCNCC1)C(=O)c1cn(C)cn1. The van der Waals surface area contributed by atoms with Gasteiger partial charge in [-0.2, -0.15) is 0 Å². The normalized spacial score (nSPS) is 16.8. The maximum Gasteiger partial charge on any atom is 0.273 e. The van der Waals surface area contributed by atoms with E-state index in [-0.39, 0.29) is 5.91 Å². The van der Waals surface area contributed by atoms with Crippen LogP contribution in [0.1, 0.15) is 10.5 Å². The Bertz CT molecular complexity index is 397. The quantitative estimate of drug-likeness (QED) is 0.776. The fraction of sp³-hybridized carbons (Fsp3) is 0.667. The number of amides is 1. The molecule has 1 N–H and O–H groups in total. The van der Waals surface area contributed by atoms with Crippen LogP contribution in [0.3, 0.4) is 0 Å². The number of piperazine rings is 1. The van der Waals surface area contributed by atoms with Gasteiger partial charge in [0.25, 0.3) is 5.91 Å². The van der Waals surface area contributed by atoms with E-state index in [1.54, 1.807) is 22.0 Å². The number of imidazole rings is 1. The van der Waals surface area contributed by atoms with E-state index in [4.69, 9.17) is 0 Å². The van der Waals surface area contributed by atoms with E-state index < -0.39 is 0 Å². The second kappa shape index (κ2) is 5.97. The average molecular weight is 251 g/mol. The highest BCUT2D eigenvalue weighted by atomic mass is 16.2. The van der Waals surface area contributed by atoms with Crippen LogP contribution in [-0.2, 0) is 7.05 Å². The number of rotatable bonds is 4. The second-order valence-corrected chi connectivity index (χ2v) is 4.74. The van der Waals surface area contributed by atoms with Gasteiger partial charge in [0, 0.05) is 59.6 Å². The van der Waals surface area contributed by atoms with Crippen molar-refractivity contribution in [2.75, 3.05) is 46.3 Å². The van der Waals surface area contributed by atoms with E-state index in [1.165, 1.54) is 0 Å². The monoisotopic (exact) mass is 251 g/mol. The summed E-state index contributed by atoms with van der Waals surface area (Å²) in [5.41, 5.74) is 0.514. The number of hydrogen-bond acceptors (Lipinski definition) is 4. The second-order valence-electron chi connectivity index (χ2n) is 4.74. The molecule has 1 amide bonds. The van der Waals surface area contributed by atoms with Crippen molar-refractivity contribution in [2.45, 2.75) is 0 Å². The molecule has 100 valence electrons. The van der Waals surface area contributed by atoms with E-state index in [0.29, 0.717) is 5.69 Å². The Labute approximate surface area is 108 Å². The molecule has 2 rings (SSSR count). The Balaban J connectivity index is 1.80. The van der Waals surface area contributed by atoms with E-state index in [1.807, 2.05) is 14.1 Å². The molecule has 0 saturated carbocycles. The minimum Gasteiger partial charge on any atom is -0.340 e. The molecule has 0 unspecified atom stereocenters. The van der Waals surface area contributed by atoms with Gasteiger partial charge in [-0.05, 0) is 0 Å². The molecule has 2 heterocycles. The average Bonchev–Trinajstić information content (AvgIpc) is 2.83. The van der Waals surface area contributed by atoms with Crippen molar-refractivity contribution >= 4 is 5.91 Å². The summed E-state index contributed by atoms with van der Waals surface area (Å²) in [6, 6.07) is 0. The molecule has 0 bridgehead atoms. The van der Waals surface area contributed by atoms with Crippen LogP contribution in [0.15, 0.2) is 12.5 Å². The highest BCUT2D eigenvalue weighted by Crippen LogP contribution is 2.00. The summed E-state index contributed by atoms with van der Waals surface area (Å²) in [5.74, 6) is -0.00858. The fourth-order valence-corrected chi connectivity index (χ4v) is 2.05. The van der Waals surface area contributed by atoms with Crippen molar-refractivity contribution in [3.8, 4) is 0 Å². The maximum atomic E-state index is 12.0. The zero-order valence-corrected chi connectivity index (χ0v) is 11.1. The molecular formula is C12H21N5O. The first-order chi connectivity index (χ1) is 8.66. The largest absolute Gasteiger partial charge is 0.340 e. The standard InChI is InChI=1S/C12H21N5O/c1-15-9-11(14-10-15)12(18)16(2)7-8-17-5-3-13-4-6-17/h9-10,13H,3-8H2,1-2H3. The molecule has 0 aromatic carbocycles. The van der Waals surface area contributed by atoms with E-state index in [2.05, 4.69) is 15.2 Å². The highest BCUT2D eigenvalue weighted by Gasteiger charge is 2.16. The Kier molecular flexibility index (Phi) is 4.33. The summed E-state index contributed by atoms with van der Waals surface area (Å²) in [5, 5.41) is 3.32. The van der Waals surface area contributed by atoms with Crippen molar-refractivity contribution in [2.24, 2.45) is 7.05 Å². The van der Waals surface area contributed by atoms with Gasteiger partial charge in [0.1, 0.15) is 5.69 Å². The zero-order chi connectivity index (χ0) is 13.0. The summed E-state index contributed by atoms with van der Waals surface area (Å²) in [6.07, 6.45) is 3.40. The van der Waals surface area contributed by atoms with E-state index >= 15 is 0 Å². The molecule has 6 nitrogen and oxygen atoms in total. The van der Waals surface area contributed by atoms with Gasteiger partial charge < -0.3 is 14.8 Å². The summed E-state index contributed by atoms with van der Waals surface area (Å²) in [7, 11) is 3.70. The van der Waals surface area contributed by atoms with Crippen LogP contribution < -0.4 is 5.32 Å². The zero-order valence-electron chi connectivity index (χ0n) is 11.1. The minimum atomic E-state index is -0.00858. The van der Waals surface area contributed by atoms with Crippen LogP contribution in [0.2, 0.25) is 0 Å². The first-order valence-corrected chi connectivity index (χ1v) is 6.33. The molecule has 6 heteroatoms. The van der Waals surface area contributed by atoms with Crippen LogP contribution in [-0.4, -0.2) is 71.6 Å². The lowest BCUT2D eigenvalue weighted by molar-refractivity contribution is 0.0769. The molecule has 1 fully saturated rings. The van der Waals surface area contributed by atoms with Crippen molar-refractivity contribution < 1.29 is 4.79 Å². The molecule has 0 atom stereocenters. The molecule has 1 aromatic heterocycles. The van der Waals surface area contributed by atoms with Crippen LogP contribution in [0.5, 0.6) is 0 Å². The summed E-state index contributed by atoms with van der Waals surface area (Å²) < 4.78 is 1.79. The molecule has 1 aliphatic heterocycles. The molecule has 0 radical (unpaired) electrons.